The average Bonchev–Trinajstić information content (AvgIpc) is 2.53. The molecule has 7 heteroatoms. The van der Waals surface area contributed by atoms with Crippen LogP contribution in [0.4, 0.5) is 9.18 Å². The van der Waals surface area contributed by atoms with E-state index in [9.17, 15) is 9.18 Å². The lowest BCUT2D eigenvalue weighted by Gasteiger charge is -2.29. The summed E-state index contributed by atoms with van der Waals surface area (Å²) in [6.07, 6.45) is 3.71. The Morgan fingerprint density at radius 2 is 2.08 bits per heavy atom. The minimum atomic E-state index is -0.520. The molecule has 1 amide bonds. The first-order valence-electron chi connectivity index (χ1n) is 8.02. The lowest BCUT2D eigenvalue weighted by Crippen LogP contribution is -2.39. The van der Waals surface area contributed by atoms with Crippen molar-refractivity contribution in [2.45, 2.75) is 32.8 Å². The number of hydrogen-bond acceptors (Lipinski definition) is 4. The number of hydrogen-bond donors (Lipinski definition) is 0. The van der Waals surface area contributed by atoms with Gasteiger partial charge in [0.2, 0.25) is 0 Å². The second-order valence-corrected chi connectivity index (χ2v) is 7.77. The van der Waals surface area contributed by atoms with E-state index in [1.165, 1.54) is 18.5 Å². The van der Waals surface area contributed by atoms with E-state index in [0.29, 0.717) is 40.6 Å². The van der Waals surface area contributed by atoms with Crippen molar-refractivity contribution in [1.29, 1.82) is 0 Å². The van der Waals surface area contributed by atoms with Gasteiger partial charge in [0.15, 0.2) is 0 Å². The highest BCUT2D eigenvalue weighted by Gasteiger charge is 2.24. The summed E-state index contributed by atoms with van der Waals surface area (Å²) in [4.78, 5) is 22.4. The second-order valence-electron chi connectivity index (χ2n) is 6.91. The zero-order valence-corrected chi connectivity index (χ0v) is 15.9. The van der Waals surface area contributed by atoms with Gasteiger partial charge >= 0.3 is 6.09 Å². The van der Waals surface area contributed by atoms with Crippen LogP contribution < -0.4 is 0 Å². The Morgan fingerprint density at radius 3 is 2.72 bits per heavy atom. The van der Waals surface area contributed by atoms with Gasteiger partial charge < -0.3 is 9.64 Å². The molecule has 1 aromatic carbocycles. The van der Waals surface area contributed by atoms with E-state index < -0.39 is 5.60 Å². The number of rotatable bonds is 1. The Kier molecular flexibility index (Phi) is 4.77. The Labute approximate surface area is 154 Å². The maximum absolute atomic E-state index is 13.8. The van der Waals surface area contributed by atoms with Crippen LogP contribution in [0.2, 0.25) is 0 Å². The Balaban J connectivity index is 1.87. The number of halogens is 2. The Morgan fingerprint density at radius 1 is 1.32 bits per heavy atom. The quantitative estimate of drug-likeness (QED) is 0.695. The molecular weight excluding hydrogens is 389 g/mol. The van der Waals surface area contributed by atoms with Crippen LogP contribution in [0.3, 0.4) is 0 Å². The first-order chi connectivity index (χ1) is 11.7. The fourth-order valence-corrected chi connectivity index (χ4v) is 3.26. The van der Waals surface area contributed by atoms with E-state index in [0.717, 1.165) is 5.57 Å². The van der Waals surface area contributed by atoms with Gasteiger partial charge in [-0.1, -0.05) is 6.08 Å². The number of carbonyl (C=O) groups excluding carboxylic acids is 1. The summed E-state index contributed by atoms with van der Waals surface area (Å²) in [6, 6.07) is 2.83. The van der Waals surface area contributed by atoms with E-state index in [-0.39, 0.29) is 11.9 Å². The largest absolute Gasteiger partial charge is 0.444 e. The monoisotopic (exact) mass is 407 g/mol. The van der Waals surface area contributed by atoms with Gasteiger partial charge in [0, 0.05) is 22.9 Å². The third-order valence-corrected chi connectivity index (χ3v) is 4.43. The molecule has 0 unspecified atom stereocenters. The molecule has 0 saturated heterocycles. The van der Waals surface area contributed by atoms with E-state index in [1.807, 2.05) is 26.8 Å². The van der Waals surface area contributed by atoms with Gasteiger partial charge in [-0.05, 0) is 60.8 Å². The number of fused-ring (bicyclic) bond motifs is 1. The van der Waals surface area contributed by atoms with Crippen LogP contribution in [0.5, 0.6) is 0 Å². The lowest BCUT2D eigenvalue weighted by atomic mass is 10.0. The molecule has 1 aliphatic rings. The normalized spacial score (nSPS) is 15.2. The van der Waals surface area contributed by atoms with Crippen LogP contribution in [-0.2, 0) is 4.74 Å². The molecule has 0 fully saturated rings. The summed E-state index contributed by atoms with van der Waals surface area (Å²) in [7, 11) is 0. The predicted octanol–water partition coefficient (Wildman–Crippen LogP) is 4.56. The third kappa shape index (κ3) is 3.98. The number of ether oxygens (including phenoxy) is 1. The van der Waals surface area contributed by atoms with Gasteiger partial charge in [-0.3, -0.25) is 0 Å². The van der Waals surface area contributed by atoms with Crippen LogP contribution in [0, 0.1) is 5.82 Å². The molecule has 1 aromatic heterocycles. The van der Waals surface area contributed by atoms with Crippen molar-refractivity contribution in [3.63, 3.8) is 0 Å². The minimum absolute atomic E-state index is 0.330. The van der Waals surface area contributed by atoms with Gasteiger partial charge in [0.1, 0.15) is 17.7 Å². The van der Waals surface area contributed by atoms with Crippen molar-refractivity contribution in [3.05, 3.63) is 40.5 Å². The average molecular weight is 408 g/mol. The molecule has 0 spiro atoms. The maximum atomic E-state index is 13.8. The zero-order chi connectivity index (χ0) is 18.2. The summed E-state index contributed by atoms with van der Waals surface area (Å²) in [5, 5.41) is 0.659. The van der Waals surface area contributed by atoms with Crippen molar-refractivity contribution in [1.82, 2.24) is 14.9 Å². The van der Waals surface area contributed by atoms with Crippen LogP contribution in [0.1, 0.15) is 32.9 Å². The predicted molar refractivity (Wildman–Crippen MR) is 97.6 cm³/mol. The smallest absolute Gasteiger partial charge is 0.410 e. The molecule has 0 N–H and O–H groups in total. The van der Waals surface area contributed by atoms with Crippen LogP contribution in [0.15, 0.2) is 29.0 Å². The van der Waals surface area contributed by atoms with Gasteiger partial charge in [0.05, 0.1) is 11.2 Å². The SMILES string of the molecule is CC(C)(C)OC(=O)N1CC=C(c2ncnc3c(Br)cc(F)cc23)CC1. The first kappa shape index (κ1) is 17.8. The Hall–Kier alpha value is -2.02. The van der Waals surface area contributed by atoms with Gasteiger partial charge in [-0.2, -0.15) is 0 Å². The van der Waals surface area contributed by atoms with E-state index in [1.54, 1.807) is 4.90 Å². The molecular formula is C18H19BrFN3O2. The second kappa shape index (κ2) is 6.71. The number of carbonyl (C=O) groups is 1. The van der Waals surface area contributed by atoms with Crippen molar-refractivity contribution in [2.24, 2.45) is 0 Å². The first-order valence-corrected chi connectivity index (χ1v) is 8.81. The summed E-state index contributed by atoms with van der Waals surface area (Å²) in [5.74, 6) is -0.345. The zero-order valence-electron chi connectivity index (χ0n) is 14.3. The number of aromatic nitrogens is 2. The van der Waals surface area contributed by atoms with Crippen molar-refractivity contribution < 1.29 is 13.9 Å². The molecule has 0 atom stereocenters. The number of benzene rings is 1. The summed E-state index contributed by atoms with van der Waals surface area (Å²) >= 11 is 3.34. The van der Waals surface area contributed by atoms with E-state index >= 15 is 0 Å². The third-order valence-electron chi connectivity index (χ3n) is 3.82. The molecule has 2 heterocycles. The van der Waals surface area contributed by atoms with Crippen LogP contribution in [-0.4, -0.2) is 39.7 Å². The Bertz CT molecular complexity index is 861. The fourth-order valence-electron chi connectivity index (χ4n) is 2.72. The highest BCUT2D eigenvalue weighted by molar-refractivity contribution is 9.10. The van der Waals surface area contributed by atoms with Crippen molar-refractivity contribution in [3.8, 4) is 0 Å². The highest BCUT2D eigenvalue weighted by atomic mass is 79.9. The molecule has 0 saturated carbocycles. The molecule has 0 bridgehead atoms. The summed E-state index contributed by atoms with van der Waals surface area (Å²) < 4.78 is 19.8. The summed E-state index contributed by atoms with van der Waals surface area (Å²) in [5.41, 5.74) is 1.83. The molecule has 0 aliphatic carbocycles. The van der Waals surface area contributed by atoms with Crippen molar-refractivity contribution >= 4 is 38.5 Å². The molecule has 0 radical (unpaired) electrons. The minimum Gasteiger partial charge on any atom is -0.444 e. The van der Waals surface area contributed by atoms with Crippen LogP contribution in [0.25, 0.3) is 16.5 Å². The van der Waals surface area contributed by atoms with Crippen LogP contribution >= 0.6 is 15.9 Å². The molecule has 3 rings (SSSR count). The highest BCUT2D eigenvalue weighted by Crippen LogP contribution is 2.31. The molecule has 5 nitrogen and oxygen atoms in total. The summed E-state index contributed by atoms with van der Waals surface area (Å²) in [6.45, 7) is 6.50. The number of amides is 1. The standard InChI is InChI=1S/C18H19BrFN3O2/c1-18(2,3)25-17(24)23-6-4-11(5-7-23)15-13-8-12(20)9-14(19)16(13)22-10-21-15/h4,8-10H,5-7H2,1-3H3. The topological polar surface area (TPSA) is 55.3 Å². The van der Waals surface area contributed by atoms with Gasteiger partial charge in [-0.15, -0.1) is 0 Å². The van der Waals surface area contributed by atoms with Gasteiger partial charge in [-0.25, -0.2) is 19.2 Å². The molecule has 132 valence electrons. The molecule has 2 aromatic rings. The lowest BCUT2D eigenvalue weighted by molar-refractivity contribution is 0.0270. The molecule has 25 heavy (non-hydrogen) atoms. The van der Waals surface area contributed by atoms with Crippen molar-refractivity contribution in [2.75, 3.05) is 13.1 Å². The fraction of sp³-hybridized carbons (Fsp3) is 0.389. The molecule has 1 aliphatic heterocycles. The van der Waals surface area contributed by atoms with E-state index in [2.05, 4.69) is 25.9 Å². The van der Waals surface area contributed by atoms with E-state index in [4.69, 9.17) is 4.74 Å². The van der Waals surface area contributed by atoms with Gasteiger partial charge in [0.25, 0.3) is 0 Å². The maximum Gasteiger partial charge on any atom is 0.410 e. The number of nitrogens with zero attached hydrogens (tertiary/aromatic N) is 3.